The summed E-state index contributed by atoms with van der Waals surface area (Å²) in [4.78, 5) is 16.8. The Kier molecular flexibility index (Phi) is 6.51. The van der Waals surface area contributed by atoms with E-state index >= 15 is 0 Å². The van der Waals surface area contributed by atoms with Gasteiger partial charge < -0.3 is 10.1 Å². The number of carbonyl (C=O) groups excluding carboxylic acids is 1. The molecule has 0 aliphatic carbocycles. The summed E-state index contributed by atoms with van der Waals surface area (Å²) in [6.45, 7) is 4.07. The van der Waals surface area contributed by atoms with Crippen molar-refractivity contribution in [2.24, 2.45) is 0 Å². The molecule has 1 N–H and O–H groups in total. The second-order valence-electron chi connectivity index (χ2n) is 7.19. The summed E-state index contributed by atoms with van der Waals surface area (Å²) in [5, 5.41) is 12.3. The fourth-order valence-electron chi connectivity index (χ4n) is 3.22. The maximum Gasteiger partial charge on any atom is 0.234 e. The summed E-state index contributed by atoms with van der Waals surface area (Å²) >= 11 is 1.31. The zero-order chi connectivity index (χ0) is 22.5. The van der Waals surface area contributed by atoms with Gasteiger partial charge in [0.2, 0.25) is 5.91 Å². The van der Waals surface area contributed by atoms with E-state index in [0.717, 1.165) is 22.5 Å². The molecule has 2 heterocycles. The number of aromatic nitrogens is 4. The van der Waals surface area contributed by atoms with Crippen molar-refractivity contribution >= 4 is 23.4 Å². The number of hydrogen-bond donors (Lipinski definition) is 1. The predicted octanol–water partition coefficient (Wildman–Crippen LogP) is 4.69. The van der Waals surface area contributed by atoms with E-state index in [1.807, 2.05) is 73.0 Å². The average molecular weight is 446 g/mol. The zero-order valence-corrected chi connectivity index (χ0v) is 18.9. The molecule has 0 aliphatic heterocycles. The number of anilines is 1. The van der Waals surface area contributed by atoms with Gasteiger partial charge in [-0.3, -0.25) is 14.3 Å². The molecule has 0 unspecified atom stereocenters. The van der Waals surface area contributed by atoms with E-state index < -0.39 is 0 Å². The molecular weight excluding hydrogens is 422 g/mol. The van der Waals surface area contributed by atoms with Crippen LogP contribution in [0.3, 0.4) is 0 Å². The van der Waals surface area contributed by atoms with Gasteiger partial charge in [0.15, 0.2) is 11.0 Å². The van der Waals surface area contributed by atoms with E-state index in [9.17, 15) is 4.79 Å². The number of para-hydroxylation sites is 2. The van der Waals surface area contributed by atoms with Crippen molar-refractivity contribution in [3.8, 4) is 22.8 Å². The molecule has 162 valence electrons. The maximum absolute atomic E-state index is 12.6. The second-order valence-corrected chi connectivity index (χ2v) is 8.13. The standard InChI is InChI=1S/C24H23N5O2S/c1-16-10-11-19(13-17(16)2)26-22(30)15-32-24-28-27-23(18-7-6-12-25-14-18)29(24)20-8-4-5-9-21(20)31-3/h4-14H,15H2,1-3H3,(H,26,30). The Labute approximate surface area is 190 Å². The summed E-state index contributed by atoms with van der Waals surface area (Å²) in [6, 6.07) is 17.3. The first-order chi connectivity index (χ1) is 15.6. The molecule has 0 bridgehead atoms. The first-order valence-electron chi connectivity index (χ1n) is 10.1. The van der Waals surface area contributed by atoms with E-state index in [1.165, 1.54) is 17.3 Å². The van der Waals surface area contributed by atoms with E-state index in [2.05, 4.69) is 20.5 Å². The van der Waals surface area contributed by atoms with Gasteiger partial charge in [0.25, 0.3) is 0 Å². The van der Waals surface area contributed by atoms with Crippen LogP contribution in [0.4, 0.5) is 5.69 Å². The molecule has 0 aliphatic rings. The number of aryl methyl sites for hydroxylation is 2. The third kappa shape index (κ3) is 4.65. The second kappa shape index (κ2) is 9.65. The Morgan fingerprint density at radius 3 is 2.66 bits per heavy atom. The van der Waals surface area contributed by atoms with Crippen LogP contribution in [0.15, 0.2) is 72.1 Å². The van der Waals surface area contributed by atoms with Crippen molar-refractivity contribution in [1.82, 2.24) is 19.7 Å². The molecule has 0 saturated carbocycles. The molecule has 8 heteroatoms. The molecule has 0 spiro atoms. The van der Waals surface area contributed by atoms with E-state index in [-0.39, 0.29) is 11.7 Å². The highest BCUT2D eigenvalue weighted by Gasteiger charge is 2.20. The fourth-order valence-corrected chi connectivity index (χ4v) is 3.97. The molecule has 2 aromatic heterocycles. The monoisotopic (exact) mass is 445 g/mol. The molecule has 0 atom stereocenters. The van der Waals surface area contributed by atoms with Crippen molar-refractivity contribution in [3.05, 3.63) is 78.1 Å². The molecule has 4 rings (SSSR count). The lowest BCUT2D eigenvalue weighted by atomic mass is 10.1. The quantitative estimate of drug-likeness (QED) is 0.416. The van der Waals surface area contributed by atoms with Crippen molar-refractivity contribution in [2.75, 3.05) is 18.2 Å². The largest absolute Gasteiger partial charge is 0.495 e. The van der Waals surface area contributed by atoms with Crippen molar-refractivity contribution in [3.63, 3.8) is 0 Å². The van der Waals surface area contributed by atoms with Gasteiger partial charge in [0.1, 0.15) is 5.75 Å². The van der Waals surface area contributed by atoms with Crippen molar-refractivity contribution in [2.45, 2.75) is 19.0 Å². The molecule has 0 saturated heterocycles. The van der Waals surface area contributed by atoms with Gasteiger partial charge in [-0.15, -0.1) is 10.2 Å². The van der Waals surface area contributed by atoms with Gasteiger partial charge in [-0.1, -0.05) is 30.0 Å². The normalized spacial score (nSPS) is 10.7. The molecule has 32 heavy (non-hydrogen) atoms. The molecular formula is C24H23N5O2S. The highest BCUT2D eigenvalue weighted by Crippen LogP contribution is 2.32. The van der Waals surface area contributed by atoms with Gasteiger partial charge in [-0.25, -0.2) is 0 Å². The Morgan fingerprint density at radius 1 is 1.06 bits per heavy atom. The summed E-state index contributed by atoms with van der Waals surface area (Å²) < 4.78 is 7.45. The van der Waals surface area contributed by atoms with Crippen LogP contribution < -0.4 is 10.1 Å². The number of hydrogen-bond acceptors (Lipinski definition) is 6. The number of nitrogens with one attached hydrogen (secondary N) is 1. The highest BCUT2D eigenvalue weighted by atomic mass is 32.2. The number of methoxy groups -OCH3 is 1. The number of rotatable bonds is 7. The van der Waals surface area contributed by atoms with Gasteiger partial charge in [-0.05, 0) is 61.4 Å². The number of nitrogens with zero attached hydrogens (tertiary/aromatic N) is 4. The predicted molar refractivity (Wildman–Crippen MR) is 126 cm³/mol. The summed E-state index contributed by atoms with van der Waals surface area (Å²) in [5.74, 6) is 1.38. The van der Waals surface area contributed by atoms with E-state index in [4.69, 9.17) is 4.74 Å². The summed E-state index contributed by atoms with van der Waals surface area (Å²) in [5.41, 5.74) is 4.70. The molecule has 0 fully saturated rings. The lowest BCUT2D eigenvalue weighted by Gasteiger charge is -2.13. The molecule has 7 nitrogen and oxygen atoms in total. The Balaban J connectivity index is 1.62. The van der Waals surface area contributed by atoms with Gasteiger partial charge in [0.05, 0.1) is 18.6 Å². The summed E-state index contributed by atoms with van der Waals surface area (Å²) in [6.07, 6.45) is 3.44. The molecule has 1 amide bonds. The minimum atomic E-state index is -0.115. The number of benzene rings is 2. The lowest BCUT2D eigenvalue weighted by molar-refractivity contribution is -0.113. The smallest absolute Gasteiger partial charge is 0.234 e. The van der Waals surface area contributed by atoms with Gasteiger partial charge >= 0.3 is 0 Å². The van der Waals surface area contributed by atoms with Crippen LogP contribution in [0.25, 0.3) is 17.1 Å². The van der Waals surface area contributed by atoms with Crippen LogP contribution in [0, 0.1) is 13.8 Å². The topological polar surface area (TPSA) is 81.9 Å². The molecule has 4 aromatic rings. The van der Waals surface area contributed by atoms with Crippen LogP contribution >= 0.6 is 11.8 Å². The van der Waals surface area contributed by atoms with Gasteiger partial charge in [0, 0.05) is 23.6 Å². The van der Waals surface area contributed by atoms with Crippen LogP contribution in [0.5, 0.6) is 5.75 Å². The first-order valence-corrected chi connectivity index (χ1v) is 11.0. The highest BCUT2D eigenvalue weighted by molar-refractivity contribution is 7.99. The lowest BCUT2D eigenvalue weighted by Crippen LogP contribution is -2.14. The minimum Gasteiger partial charge on any atom is -0.495 e. The number of carbonyl (C=O) groups is 1. The van der Waals surface area contributed by atoms with E-state index in [1.54, 1.807) is 19.5 Å². The average Bonchev–Trinajstić information content (AvgIpc) is 3.24. The Morgan fingerprint density at radius 2 is 1.91 bits per heavy atom. The van der Waals surface area contributed by atoms with Crippen molar-refractivity contribution < 1.29 is 9.53 Å². The molecule has 0 radical (unpaired) electrons. The third-order valence-electron chi connectivity index (χ3n) is 5.00. The van der Waals surface area contributed by atoms with Crippen molar-refractivity contribution in [1.29, 1.82) is 0 Å². The number of ether oxygens (including phenoxy) is 1. The number of pyridine rings is 1. The third-order valence-corrected chi connectivity index (χ3v) is 5.93. The van der Waals surface area contributed by atoms with Crippen LogP contribution in [-0.2, 0) is 4.79 Å². The Bertz CT molecular complexity index is 1240. The molecule has 2 aromatic carbocycles. The summed E-state index contributed by atoms with van der Waals surface area (Å²) in [7, 11) is 1.62. The van der Waals surface area contributed by atoms with Gasteiger partial charge in [-0.2, -0.15) is 0 Å². The number of amides is 1. The SMILES string of the molecule is COc1ccccc1-n1c(SCC(=O)Nc2ccc(C)c(C)c2)nnc1-c1cccnc1. The first kappa shape index (κ1) is 21.6. The minimum absolute atomic E-state index is 0.115. The Hall–Kier alpha value is -3.65. The zero-order valence-electron chi connectivity index (χ0n) is 18.1. The van der Waals surface area contributed by atoms with Crippen LogP contribution in [0.1, 0.15) is 11.1 Å². The van der Waals surface area contributed by atoms with Crippen LogP contribution in [0.2, 0.25) is 0 Å². The fraction of sp³-hybridized carbons (Fsp3) is 0.167. The van der Waals surface area contributed by atoms with Crippen LogP contribution in [-0.4, -0.2) is 38.5 Å². The number of thioether (sulfide) groups is 1. The maximum atomic E-state index is 12.6. The van der Waals surface area contributed by atoms with E-state index in [0.29, 0.717) is 16.7 Å².